The molecule has 1 aliphatic heterocycles. The molecule has 0 unspecified atom stereocenters. The number of pyridine rings is 1. The van der Waals surface area contributed by atoms with Gasteiger partial charge < -0.3 is 0 Å². The molecular formula is C26H20ClN3O5S2. The normalized spacial score (nSPS) is 13.4. The van der Waals surface area contributed by atoms with E-state index in [-0.39, 0.29) is 43.1 Å². The fourth-order valence-electron chi connectivity index (χ4n) is 4.27. The van der Waals surface area contributed by atoms with Gasteiger partial charge in [-0.25, -0.2) is 0 Å². The average molecular weight is 554 g/mol. The third-order valence-corrected chi connectivity index (χ3v) is 10.5. The molecule has 0 bridgehead atoms. The van der Waals surface area contributed by atoms with Crippen molar-refractivity contribution in [1.29, 1.82) is 0 Å². The van der Waals surface area contributed by atoms with Gasteiger partial charge in [0, 0.05) is 23.4 Å². The van der Waals surface area contributed by atoms with E-state index < -0.39 is 20.0 Å². The minimum absolute atomic E-state index is 0.0791. The van der Waals surface area contributed by atoms with Crippen LogP contribution in [0.2, 0.25) is 5.02 Å². The minimum Gasteiger partial charge on any atom is -0.294 e. The third kappa shape index (κ3) is 4.30. The number of halogens is 1. The summed E-state index contributed by atoms with van der Waals surface area (Å²) in [5, 5.41) is 0.442. The van der Waals surface area contributed by atoms with Gasteiger partial charge in [-0.2, -0.15) is 20.5 Å². The second-order valence-corrected chi connectivity index (χ2v) is 12.5. The number of aromatic nitrogens is 1. The molecule has 0 amide bonds. The number of para-hydroxylation sites is 2. The van der Waals surface area contributed by atoms with Crippen molar-refractivity contribution < 1.29 is 21.6 Å². The zero-order valence-corrected chi connectivity index (χ0v) is 21.9. The summed E-state index contributed by atoms with van der Waals surface area (Å²) < 4.78 is 57.3. The number of hydrogen-bond donors (Lipinski definition) is 0. The second kappa shape index (κ2) is 9.37. The first-order chi connectivity index (χ1) is 17.6. The molecule has 3 aromatic carbocycles. The Hall–Kier alpha value is -3.60. The molecule has 4 aromatic rings. The number of ketones is 1. The van der Waals surface area contributed by atoms with Gasteiger partial charge >= 0.3 is 0 Å². The van der Waals surface area contributed by atoms with E-state index in [1.54, 1.807) is 36.5 Å². The van der Waals surface area contributed by atoms with E-state index in [9.17, 15) is 21.6 Å². The van der Waals surface area contributed by atoms with Gasteiger partial charge in [0.15, 0.2) is 5.78 Å². The van der Waals surface area contributed by atoms with Crippen LogP contribution in [0, 0.1) is 0 Å². The van der Waals surface area contributed by atoms with Crippen molar-refractivity contribution in [2.75, 3.05) is 3.71 Å². The minimum atomic E-state index is -4.78. The number of rotatable bonds is 6. The van der Waals surface area contributed by atoms with Gasteiger partial charge in [-0.05, 0) is 61.7 Å². The lowest BCUT2D eigenvalue weighted by atomic mass is 10.1. The number of fused-ring (bicyclic) bond motifs is 2. The first kappa shape index (κ1) is 25.1. The van der Waals surface area contributed by atoms with Crippen molar-refractivity contribution in [3.63, 3.8) is 0 Å². The molecular weight excluding hydrogens is 534 g/mol. The summed E-state index contributed by atoms with van der Waals surface area (Å²) in [5.74, 6) is -0.349. The van der Waals surface area contributed by atoms with Crippen LogP contribution in [-0.2, 0) is 26.5 Å². The summed E-state index contributed by atoms with van der Waals surface area (Å²) in [7, 11) is -9.54. The summed E-state index contributed by atoms with van der Waals surface area (Å²) >= 11 is 6.30. The highest BCUT2D eigenvalue weighted by Gasteiger charge is 2.40. The van der Waals surface area contributed by atoms with Crippen LogP contribution in [0.1, 0.15) is 29.3 Å². The van der Waals surface area contributed by atoms with Crippen LogP contribution in [0.25, 0.3) is 10.9 Å². The summed E-state index contributed by atoms with van der Waals surface area (Å²) in [6.45, 7) is 1.31. The molecule has 8 nitrogen and oxygen atoms in total. The molecule has 0 atom stereocenters. The number of benzene rings is 3. The summed E-state index contributed by atoms with van der Waals surface area (Å²) in [4.78, 5) is 19.9. The number of nitrogens with zero attached hydrogens (tertiary/aromatic N) is 3. The molecule has 188 valence electrons. The van der Waals surface area contributed by atoms with Crippen molar-refractivity contribution in [1.82, 2.24) is 4.98 Å². The molecule has 5 rings (SSSR count). The zero-order chi connectivity index (χ0) is 26.4. The lowest BCUT2D eigenvalue weighted by Gasteiger charge is -2.26. The van der Waals surface area contributed by atoms with Gasteiger partial charge in [-0.1, -0.05) is 41.9 Å². The first-order valence-corrected chi connectivity index (χ1v) is 14.5. The molecule has 11 heteroatoms. The number of hydrogen-bond acceptors (Lipinski definition) is 7. The van der Waals surface area contributed by atoms with Crippen LogP contribution in [0.5, 0.6) is 0 Å². The molecule has 0 fully saturated rings. The molecule has 0 aliphatic carbocycles. The number of carbonyl (C=O) groups is 1. The molecule has 1 aromatic heterocycles. The number of sulfonamides is 2. The van der Waals surface area contributed by atoms with Crippen molar-refractivity contribution >= 4 is 65.9 Å². The molecule has 0 saturated carbocycles. The Bertz CT molecular complexity index is 1810. The number of carbonyl (C=O) groups excluding carboxylic acids is 1. The topological polar surface area (TPSA) is 114 Å². The molecule has 0 saturated heterocycles. The Kier molecular flexibility index (Phi) is 6.35. The maximum Gasteiger partial charge on any atom is 0.279 e. The monoisotopic (exact) mass is 553 g/mol. The van der Waals surface area contributed by atoms with Gasteiger partial charge in [0.1, 0.15) is 9.79 Å². The zero-order valence-electron chi connectivity index (χ0n) is 19.5. The second-order valence-electron chi connectivity index (χ2n) is 8.37. The summed E-state index contributed by atoms with van der Waals surface area (Å²) in [5.41, 5.74) is 0.882. The quantitative estimate of drug-likeness (QED) is 0.298. The summed E-state index contributed by atoms with van der Waals surface area (Å²) in [6.07, 6.45) is 4.25. The first-order valence-electron chi connectivity index (χ1n) is 11.2. The van der Waals surface area contributed by atoms with Gasteiger partial charge in [-0.15, -0.1) is 0 Å². The Balaban J connectivity index is 1.81. The number of aryl methyl sites for hydroxylation is 1. The van der Waals surface area contributed by atoms with Crippen LogP contribution < -0.4 is 3.71 Å². The van der Waals surface area contributed by atoms with Crippen molar-refractivity contribution in [3.05, 3.63) is 89.1 Å². The van der Waals surface area contributed by atoms with Gasteiger partial charge in [0.25, 0.3) is 20.0 Å². The Morgan fingerprint density at radius 3 is 2.38 bits per heavy atom. The smallest absolute Gasteiger partial charge is 0.279 e. The van der Waals surface area contributed by atoms with Gasteiger partial charge in [-0.3, -0.25) is 14.8 Å². The van der Waals surface area contributed by atoms with Crippen molar-refractivity contribution in [2.24, 2.45) is 4.99 Å². The van der Waals surface area contributed by atoms with Crippen LogP contribution in [0.4, 0.5) is 11.4 Å². The molecule has 0 radical (unpaired) electrons. The molecule has 2 heterocycles. The van der Waals surface area contributed by atoms with Crippen molar-refractivity contribution in [2.45, 2.75) is 29.6 Å². The fraction of sp³-hybridized carbons (Fsp3) is 0.115. The van der Waals surface area contributed by atoms with E-state index in [1.807, 2.05) is 0 Å². The Morgan fingerprint density at radius 1 is 0.919 bits per heavy atom. The lowest BCUT2D eigenvalue weighted by Crippen LogP contribution is -2.37. The van der Waals surface area contributed by atoms with Crippen molar-refractivity contribution in [3.8, 4) is 0 Å². The van der Waals surface area contributed by atoms with Crippen LogP contribution >= 0.6 is 11.6 Å². The highest BCUT2D eigenvalue weighted by molar-refractivity contribution is 8.10. The van der Waals surface area contributed by atoms with Gasteiger partial charge in [0.2, 0.25) is 0 Å². The number of anilines is 1. The number of aliphatic imine (C=N–C) groups is 1. The van der Waals surface area contributed by atoms with Crippen LogP contribution in [-0.4, -0.2) is 33.8 Å². The van der Waals surface area contributed by atoms with E-state index in [1.165, 1.54) is 43.5 Å². The van der Waals surface area contributed by atoms with E-state index in [4.69, 9.17) is 11.6 Å². The average Bonchev–Trinajstić information content (AvgIpc) is 2.87. The Morgan fingerprint density at radius 2 is 1.62 bits per heavy atom. The lowest BCUT2D eigenvalue weighted by molar-refractivity contribution is 0.101. The summed E-state index contributed by atoms with van der Waals surface area (Å²) in [6, 6.07) is 16.2. The maximum absolute atomic E-state index is 14.2. The molecule has 0 spiro atoms. The van der Waals surface area contributed by atoms with E-state index in [0.717, 1.165) is 6.07 Å². The molecule has 37 heavy (non-hydrogen) atoms. The fourth-order valence-corrected chi connectivity index (χ4v) is 8.58. The molecule has 0 N–H and O–H groups in total. The van der Waals surface area contributed by atoms with E-state index in [0.29, 0.717) is 27.5 Å². The number of Topliss-reactive ketones (excluding diaryl/α,β-unsaturated/α-hetero) is 1. The standard InChI is InChI=1S/C26H20ClN3O5S2/c1-17(31)21-13-12-20(16-22(21)27)30(36(32,33)23-10-2-6-18-8-4-14-28-25(18)23)37(34,35)24-11-3-7-19-9-5-15-29-26(19)24/h2-4,6-8,10-16H,5,9H2,1H3. The largest absolute Gasteiger partial charge is 0.294 e. The third-order valence-electron chi connectivity index (χ3n) is 5.98. The molecule has 1 aliphatic rings. The van der Waals surface area contributed by atoms with E-state index in [2.05, 4.69) is 9.98 Å². The van der Waals surface area contributed by atoms with Gasteiger partial charge in [0.05, 0.1) is 21.9 Å². The van der Waals surface area contributed by atoms with Crippen LogP contribution in [0.15, 0.2) is 87.7 Å². The van der Waals surface area contributed by atoms with E-state index >= 15 is 0 Å². The maximum atomic E-state index is 14.2. The predicted octanol–water partition coefficient (Wildman–Crippen LogP) is 5.32. The Labute approximate surface area is 219 Å². The van der Waals surface area contributed by atoms with Crippen LogP contribution in [0.3, 0.4) is 0 Å². The highest BCUT2D eigenvalue weighted by atomic mass is 35.5. The predicted molar refractivity (Wildman–Crippen MR) is 143 cm³/mol. The SMILES string of the molecule is CC(=O)c1ccc(N(S(=O)(=O)c2cccc3c2N=CCC3)S(=O)(=O)c2cccc3cccnc23)cc1Cl. The highest BCUT2D eigenvalue weighted by Crippen LogP contribution is 2.39.